The van der Waals surface area contributed by atoms with Gasteiger partial charge in [0.1, 0.15) is 6.20 Å². The average Bonchev–Trinajstić information content (AvgIpc) is 3.06. The molecule has 0 saturated heterocycles. The SMILES string of the molecule is c1cnc2c(c1)ncc1[n+]2CCc2ccc3c(sc4ccccc43)c2-1. The molecule has 0 spiro atoms. The second-order valence-electron chi connectivity index (χ2n) is 6.47. The Labute approximate surface area is 148 Å². The van der Waals surface area contributed by atoms with E-state index in [4.69, 9.17) is 0 Å². The normalized spacial score (nSPS) is 13.3. The van der Waals surface area contributed by atoms with Crippen molar-refractivity contribution in [1.82, 2.24) is 9.97 Å². The zero-order valence-electron chi connectivity index (χ0n) is 13.4. The summed E-state index contributed by atoms with van der Waals surface area (Å²) in [5, 5.41) is 2.68. The largest absolute Gasteiger partial charge is 0.349 e. The molecule has 4 heteroatoms. The van der Waals surface area contributed by atoms with Crippen LogP contribution in [0.25, 0.3) is 42.6 Å². The summed E-state index contributed by atoms with van der Waals surface area (Å²) in [7, 11) is 0. The van der Waals surface area contributed by atoms with E-state index in [0.717, 1.165) is 24.1 Å². The molecule has 118 valence electrons. The second kappa shape index (κ2) is 4.83. The highest BCUT2D eigenvalue weighted by atomic mass is 32.1. The summed E-state index contributed by atoms with van der Waals surface area (Å²) in [6, 6.07) is 17.2. The molecule has 0 bridgehead atoms. The predicted molar refractivity (Wildman–Crippen MR) is 102 cm³/mol. The monoisotopic (exact) mass is 340 g/mol. The van der Waals surface area contributed by atoms with Crippen LogP contribution in [0, 0.1) is 0 Å². The van der Waals surface area contributed by atoms with Crippen molar-refractivity contribution in [3.63, 3.8) is 0 Å². The van der Waals surface area contributed by atoms with Crippen molar-refractivity contribution in [2.24, 2.45) is 0 Å². The maximum atomic E-state index is 4.68. The number of aromatic nitrogens is 3. The Bertz CT molecular complexity index is 1300. The van der Waals surface area contributed by atoms with Crippen molar-refractivity contribution in [2.45, 2.75) is 13.0 Å². The van der Waals surface area contributed by atoms with E-state index in [0.29, 0.717) is 0 Å². The van der Waals surface area contributed by atoms with Crippen LogP contribution in [0.2, 0.25) is 0 Å². The minimum absolute atomic E-state index is 0.953. The van der Waals surface area contributed by atoms with Crippen molar-refractivity contribution in [2.75, 3.05) is 0 Å². The van der Waals surface area contributed by atoms with Gasteiger partial charge in [-0.1, -0.05) is 30.3 Å². The highest BCUT2D eigenvalue weighted by Gasteiger charge is 2.26. The smallest absolute Gasteiger partial charge is 0.244 e. The fraction of sp³-hybridized carbons (Fsp3) is 0.0952. The minimum Gasteiger partial charge on any atom is -0.244 e. The molecule has 4 heterocycles. The fourth-order valence-corrected chi connectivity index (χ4v) is 5.27. The first kappa shape index (κ1) is 13.4. The molecule has 0 saturated carbocycles. The maximum absolute atomic E-state index is 4.68. The van der Waals surface area contributed by atoms with Crippen molar-refractivity contribution in [3.05, 3.63) is 66.5 Å². The summed E-state index contributed by atoms with van der Waals surface area (Å²) in [6.45, 7) is 0.953. The summed E-state index contributed by atoms with van der Waals surface area (Å²) in [4.78, 5) is 9.27. The quantitative estimate of drug-likeness (QED) is 0.388. The molecule has 0 unspecified atom stereocenters. The van der Waals surface area contributed by atoms with Gasteiger partial charge < -0.3 is 0 Å². The van der Waals surface area contributed by atoms with Gasteiger partial charge in [0.15, 0.2) is 11.2 Å². The molecule has 6 rings (SSSR count). The number of thiophene rings is 1. The van der Waals surface area contributed by atoms with Crippen molar-refractivity contribution in [3.8, 4) is 11.3 Å². The summed E-state index contributed by atoms with van der Waals surface area (Å²) in [5.41, 5.74) is 5.87. The number of aryl methyl sites for hydroxylation is 2. The highest BCUT2D eigenvalue weighted by molar-refractivity contribution is 7.26. The third kappa shape index (κ3) is 1.77. The van der Waals surface area contributed by atoms with Crippen LogP contribution in [0.1, 0.15) is 5.56 Å². The first-order chi connectivity index (χ1) is 12.4. The molecule has 0 amide bonds. The standard InChI is InChI=1S/C21H14N3S/c1-2-6-18-14(4-1)15-8-7-13-9-11-24-17(19(13)20(15)25-18)12-23-16-5-3-10-22-21(16)24/h1-8,10,12H,9,11H2/q+1. The highest BCUT2D eigenvalue weighted by Crippen LogP contribution is 2.41. The third-order valence-corrected chi connectivity index (χ3v) is 6.34. The Kier molecular flexibility index (Phi) is 2.60. The molecule has 3 nitrogen and oxygen atoms in total. The van der Waals surface area contributed by atoms with E-state index in [1.54, 1.807) is 0 Å². The molecule has 0 atom stereocenters. The molecule has 0 fully saturated rings. The zero-order valence-corrected chi connectivity index (χ0v) is 14.3. The van der Waals surface area contributed by atoms with E-state index in [9.17, 15) is 0 Å². The van der Waals surface area contributed by atoms with E-state index >= 15 is 0 Å². The number of pyridine rings is 1. The van der Waals surface area contributed by atoms with Gasteiger partial charge in [-0.25, -0.2) is 9.55 Å². The lowest BCUT2D eigenvalue weighted by atomic mass is 9.96. The van der Waals surface area contributed by atoms with E-state index in [1.807, 2.05) is 35.9 Å². The molecule has 0 radical (unpaired) electrons. The predicted octanol–water partition coefficient (Wildman–Crippen LogP) is 4.51. The fourth-order valence-electron chi connectivity index (χ4n) is 3.99. The molecule has 3 aromatic heterocycles. The lowest BCUT2D eigenvalue weighted by Crippen LogP contribution is -2.42. The van der Waals surface area contributed by atoms with Gasteiger partial charge in [-0.2, -0.15) is 0 Å². The Balaban J connectivity index is 1.78. The lowest BCUT2D eigenvalue weighted by molar-refractivity contribution is -0.664. The van der Waals surface area contributed by atoms with Gasteiger partial charge in [0, 0.05) is 32.2 Å². The molecular formula is C21H14N3S+. The van der Waals surface area contributed by atoms with Crippen molar-refractivity contribution >= 4 is 42.7 Å². The molecule has 1 aliphatic heterocycles. The van der Waals surface area contributed by atoms with Crippen LogP contribution in [-0.2, 0) is 13.0 Å². The number of hydrogen-bond acceptors (Lipinski definition) is 3. The number of hydrogen-bond donors (Lipinski definition) is 0. The second-order valence-corrected chi connectivity index (χ2v) is 7.52. The lowest BCUT2D eigenvalue weighted by Gasteiger charge is -2.18. The Morgan fingerprint density at radius 1 is 0.920 bits per heavy atom. The topological polar surface area (TPSA) is 29.7 Å². The third-order valence-electron chi connectivity index (χ3n) is 5.13. The average molecular weight is 340 g/mol. The van der Waals surface area contributed by atoms with Crippen LogP contribution in [0.3, 0.4) is 0 Å². The molecule has 0 aliphatic carbocycles. The van der Waals surface area contributed by atoms with Crippen LogP contribution in [0.4, 0.5) is 0 Å². The number of rotatable bonds is 0. The Hall–Kier alpha value is -2.85. The maximum Gasteiger partial charge on any atom is 0.349 e. The molecule has 0 N–H and O–H groups in total. The van der Waals surface area contributed by atoms with Gasteiger partial charge in [-0.05, 0) is 28.7 Å². The summed E-state index contributed by atoms with van der Waals surface area (Å²) in [6.07, 6.45) is 4.91. The molecule has 1 aliphatic rings. The van der Waals surface area contributed by atoms with Crippen LogP contribution < -0.4 is 4.57 Å². The van der Waals surface area contributed by atoms with Crippen molar-refractivity contribution in [1.29, 1.82) is 0 Å². The first-order valence-corrected chi connectivity index (χ1v) is 9.29. The zero-order chi connectivity index (χ0) is 16.4. The van der Waals surface area contributed by atoms with Crippen molar-refractivity contribution < 1.29 is 4.57 Å². The van der Waals surface area contributed by atoms with Gasteiger partial charge in [-0.15, -0.1) is 11.3 Å². The van der Waals surface area contributed by atoms with E-state index in [-0.39, 0.29) is 0 Å². The first-order valence-electron chi connectivity index (χ1n) is 8.47. The summed E-state index contributed by atoms with van der Waals surface area (Å²) >= 11 is 1.88. The van der Waals surface area contributed by atoms with Gasteiger partial charge in [0.05, 0.1) is 12.7 Å². The summed E-state index contributed by atoms with van der Waals surface area (Å²) < 4.78 is 5.04. The van der Waals surface area contributed by atoms with Crippen LogP contribution >= 0.6 is 11.3 Å². The van der Waals surface area contributed by atoms with Crippen LogP contribution in [0.15, 0.2) is 60.9 Å². The number of benzene rings is 2. The Morgan fingerprint density at radius 3 is 2.88 bits per heavy atom. The van der Waals surface area contributed by atoms with E-state index in [1.165, 1.54) is 37.0 Å². The Morgan fingerprint density at radius 2 is 1.88 bits per heavy atom. The molecular weight excluding hydrogens is 326 g/mol. The van der Waals surface area contributed by atoms with Gasteiger partial charge in [0.25, 0.3) is 0 Å². The van der Waals surface area contributed by atoms with E-state index in [2.05, 4.69) is 50.9 Å². The molecule has 2 aromatic carbocycles. The molecule has 5 aromatic rings. The van der Waals surface area contributed by atoms with Gasteiger partial charge in [-0.3, -0.25) is 0 Å². The van der Waals surface area contributed by atoms with E-state index < -0.39 is 0 Å². The van der Waals surface area contributed by atoms with Gasteiger partial charge in [0.2, 0.25) is 0 Å². The number of fused-ring (bicyclic) bond motifs is 9. The summed E-state index contributed by atoms with van der Waals surface area (Å²) in [5.74, 6) is 0. The number of nitrogens with zero attached hydrogens (tertiary/aromatic N) is 3. The van der Waals surface area contributed by atoms with Gasteiger partial charge >= 0.3 is 5.65 Å². The van der Waals surface area contributed by atoms with Crippen LogP contribution in [-0.4, -0.2) is 9.97 Å². The van der Waals surface area contributed by atoms with Crippen LogP contribution in [0.5, 0.6) is 0 Å². The molecule has 25 heavy (non-hydrogen) atoms. The minimum atomic E-state index is 0.953.